The summed E-state index contributed by atoms with van der Waals surface area (Å²) in [4.78, 5) is 2.41. The molecule has 1 heterocycles. The van der Waals surface area contributed by atoms with Crippen molar-refractivity contribution in [3.05, 3.63) is 107 Å². The average Bonchev–Trinajstić information content (AvgIpc) is 3.17. The Morgan fingerprint density at radius 3 is 2.59 bits per heavy atom. The predicted molar refractivity (Wildman–Crippen MR) is 124 cm³/mol. The molecule has 3 heteroatoms. The van der Waals surface area contributed by atoms with E-state index in [0.29, 0.717) is 11.4 Å². The highest BCUT2D eigenvalue weighted by Gasteiger charge is 2.19. The van der Waals surface area contributed by atoms with Gasteiger partial charge in [-0.2, -0.15) is 0 Å². The minimum absolute atomic E-state index is 0. The van der Waals surface area contributed by atoms with Crippen molar-refractivity contribution in [3.63, 3.8) is 0 Å². The number of rotatable bonds is 4. The summed E-state index contributed by atoms with van der Waals surface area (Å²) >= 11 is 0. The lowest BCUT2D eigenvalue weighted by Gasteiger charge is -2.20. The van der Waals surface area contributed by atoms with Gasteiger partial charge in [0.25, 0.3) is 0 Å². The van der Waals surface area contributed by atoms with Crippen LogP contribution in [0.25, 0.3) is 10.8 Å². The average molecular weight is 380 g/mol. The van der Waals surface area contributed by atoms with E-state index >= 15 is 0 Å². The van der Waals surface area contributed by atoms with E-state index < -0.39 is 0 Å². The summed E-state index contributed by atoms with van der Waals surface area (Å²) < 4.78 is 0. The number of nitrogens with zero attached hydrogens (tertiary/aromatic N) is 1. The molecule has 0 aliphatic carbocycles. The normalized spacial score (nSPS) is 12.9. The second kappa shape index (κ2) is 7.10. The quantitative estimate of drug-likeness (QED) is 0.356. The first-order chi connectivity index (χ1) is 14.2. The van der Waals surface area contributed by atoms with Gasteiger partial charge in [-0.05, 0) is 52.6 Å². The molecule has 0 bridgehead atoms. The largest absolute Gasteiger partial charge is 0.398 e. The molecule has 0 radical (unpaired) electrons. The number of nitrogen functional groups attached to an aromatic ring is 1. The summed E-state index contributed by atoms with van der Waals surface area (Å²) in [6.45, 7) is 1.86. The summed E-state index contributed by atoms with van der Waals surface area (Å²) in [5, 5.41) is 11.1. The minimum atomic E-state index is 0. The van der Waals surface area contributed by atoms with E-state index in [2.05, 4.69) is 65.6 Å². The van der Waals surface area contributed by atoms with Crippen LogP contribution in [0, 0.1) is 5.41 Å². The van der Waals surface area contributed by atoms with E-state index in [9.17, 15) is 0 Å². The SMILES string of the molecule is N=C(c1ccc2ccccc2c1)c1cc(CN2CCc3ccccc32)ccc1N.[HH]. The van der Waals surface area contributed by atoms with Crippen LogP contribution in [-0.2, 0) is 13.0 Å². The molecule has 1 aliphatic rings. The van der Waals surface area contributed by atoms with Crippen molar-refractivity contribution < 1.29 is 1.43 Å². The summed E-state index contributed by atoms with van der Waals surface area (Å²) in [5.41, 5.74) is 13.0. The number of nitrogens with two attached hydrogens (primary N) is 1. The number of hydrogen-bond acceptors (Lipinski definition) is 3. The Hall–Kier alpha value is -3.59. The van der Waals surface area contributed by atoms with Crippen molar-refractivity contribution in [1.82, 2.24) is 0 Å². The molecule has 0 saturated carbocycles. The van der Waals surface area contributed by atoms with E-state index in [0.717, 1.165) is 36.0 Å². The van der Waals surface area contributed by atoms with Crippen LogP contribution in [0.4, 0.5) is 11.4 Å². The fourth-order valence-corrected chi connectivity index (χ4v) is 4.21. The molecular weight excluding hydrogens is 354 g/mol. The molecule has 3 N–H and O–H groups in total. The highest BCUT2D eigenvalue weighted by Crippen LogP contribution is 2.30. The maximum Gasteiger partial charge on any atom is 0.0705 e. The third-order valence-electron chi connectivity index (χ3n) is 5.78. The molecule has 0 unspecified atom stereocenters. The van der Waals surface area contributed by atoms with E-state index in [1.165, 1.54) is 22.2 Å². The van der Waals surface area contributed by atoms with Crippen LogP contribution in [0.1, 0.15) is 23.7 Å². The van der Waals surface area contributed by atoms with Crippen molar-refractivity contribution in [2.45, 2.75) is 13.0 Å². The fourth-order valence-electron chi connectivity index (χ4n) is 4.21. The number of para-hydroxylation sites is 1. The standard InChI is InChI=1S/C26H23N3.H2/c27-24-12-9-18(17-29-14-13-20-6-3-4-8-25(20)29)15-23(24)26(28)22-11-10-19-5-1-2-7-21(19)16-22;/h1-12,15-16,28H,13-14,17,27H2;1H. The van der Waals surface area contributed by atoms with Crippen molar-refractivity contribution in [3.8, 4) is 0 Å². The Balaban J connectivity index is 0.00000218. The molecule has 0 spiro atoms. The van der Waals surface area contributed by atoms with E-state index in [-0.39, 0.29) is 1.43 Å². The zero-order valence-corrected chi connectivity index (χ0v) is 16.2. The van der Waals surface area contributed by atoms with Gasteiger partial charge in [-0.1, -0.05) is 60.7 Å². The molecule has 4 aromatic carbocycles. The van der Waals surface area contributed by atoms with Crippen LogP contribution in [0.15, 0.2) is 84.9 Å². The number of benzene rings is 4. The van der Waals surface area contributed by atoms with Crippen LogP contribution >= 0.6 is 0 Å². The first-order valence-corrected chi connectivity index (χ1v) is 9.98. The Bertz CT molecular complexity index is 1230. The van der Waals surface area contributed by atoms with Gasteiger partial charge in [0.1, 0.15) is 0 Å². The molecule has 5 rings (SSSR count). The van der Waals surface area contributed by atoms with E-state index in [4.69, 9.17) is 11.1 Å². The van der Waals surface area contributed by atoms with Crippen molar-refractivity contribution in [2.75, 3.05) is 17.2 Å². The van der Waals surface area contributed by atoms with Gasteiger partial charge in [0.05, 0.1) is 5.71 Å². The summed E-state index contributed by atoms with van der Waals surface area (Å²) in [6, 6.07) is 29.1. The van der Waals surface area contributed by atoms with Gasteiger partial charge < -0.3 is 10.6 Å². The van der Waals surface area contributed by atoms with Gasteiger partial charge in [-0.15, -0.1) is 0 Å². The van der Waals surface area contributed by atoms with Gasteiger partial charge in [-0.3, -0.25) is 5.41 Å². The number of nitrogens with one attached hydrogen (secondary N) is 1. The van der Waals surface area contributed by atoms with Crippen LogP contribution in [-0.4, -0.2) is 12.3 Å². The zero-order chi connectivity index (χ0) is 19.8. The van der Waals surface area contributed by atoms with Crippen molar-refractivity contribution in [2.24, 2.45) is 0 Å². The van der Waals surface area contributed by atoms with Gasteiger partial charge in [0.15, 0.2) is 0 Å². The molecule has 0 fully saturated rings. The van der Waals surface area contributed by atoms with E-state index in [1.807, 2.05) is 24.3 Å². The molecular formula is C26H25N3. The highest BCUT2D eigenvalue weighted by molar-refractivity contribution is 6.15. The summed E-state index contributed by atoms with van der Waals surface area (Å²) in [7, 11) is 0. The maximum absolute atomic E-state index is 8.79. The topological polar surface area (TPSA) is 53.1 Å². The lowest BCUT2D eigenvalue weighted by Crippen LogP contribution is -2.20. The molecule has 1 aliphatic heterocycles. The van der Waals surface area contributed by atoms with Gasteiger partial charge in [-0.25, -0.2) is 0 Å². The van der Waals surface area contributed by atoms with Crippen LogP contribution in [0.3, 0.4) is 0 Å². The smallest absolute Gasteiger partial charge is 0.0705 e. The second-order valence-corrected chi connectivity index (χ2v) is 7.66. The second-order valence-electron chi connectivity index (χ2n) is 7.66. The lowest BCUT2D eigenvalue weighted by molar-refractivity contribution is 0.836. The minimum Gasteiger partial charge on any atom is -0.398 e. The number of anilines is 2. The zero-order valence-electron chi connectivity index (χ0n) is 16.2. The summed E-state index contributed by atoms with van der Waals surface area (Å²) in [6.07, 6.45) is 1.09. The van der Waals surface area contributed by atoms with Gasteiger partial charge in [0.2, 0.25) is 0 Å². The number of hydrogen-bond donors (Lipinski definition) is 2. The fraction of sp³-hybridized carbons (Fsp3) is 0.115. The van der Waals surface area contributed by atoms with Crippen molar-refractivity contribution >= 4 is 27.9 Å². The van der Waals surface area contributed by atoms with Crippen LogP contribution < -0.4 is 10.6 Å². The number of fused-ring (bicyclic) bond motifs is 2. The monoisotopic (exact) mass is 379 g/mol. The first-order valence-electron chi connectivity index (χ1n) is 9.98. The molecule has 0 aromatic heterocycles. The lowest BCUT2D eigenvalue weighted by atomic mass is 9.96. The third-order valence-corrected chi connectivity index (χ3v) is 5.78. The Labute approximate surface area is 172 Å². The molecule has 0 atom stereocenters. The molecule has 144 valence electrons. The molecule has 0 amide bonds. The predicted octanol–water partition coefficient (Wildman–Crippen LogP) is 5.65. The van der Waals surface area contributed by atoms with Crippen molar-refractivity contribution in [1.29, 1.82) is 5.41 Å². The summed E-state index contributed by atoms with van der Waals surface area (Å²) in [5.74, 6) is 0. The molecule has 0 saturated heterocycles. The maximum atomic E-state index is 8.79. The highest BCUT2D eigenvalue weighted by atomic mass is 15.1. The Morgan fingerprint density at radius 1 is 0.897 bits per heavy atom. The van der Waals surface area contributed by atoms with E-state index in [1.54, 1.807) is 0 Å². The van der Waals surface area contributed by atoms with Crippen LogP contribution in [0.5, 0.6) is 0 Å². The van der Waals surface area contributed by atoms with Gasteiger partial charge >= 0.3 is 0 Å². The van der Waals surface area contributed by atoms with Gasteiger partial charge in [0, 0.05) is 37.0 Å². The Morgan fingerprint density at radius 2 is 1.69 bits per heavy atom. The molecule has 3 nitrogen and oxygen atoms in total. The third kappa shape index (κ3) is 3.25. The Kier molecular flexibility index (Phi) is 4.28. The van der Waals surface area contributed by atoms with Crippen LogP contribution in [0.2, 0.25) is 0 Å². The first kappa shape index (κ1) is 17.5. The molecule has 4 aromatic rings. The molecule has 29 heavy (non-hydrogen) atoms.